The van der Waals surface area contributed by atoms with Gasteiger partial charge in [0.2, 0.25) is 0 Å². The van der Waals surface area contributed by atoms with Crippen LogP contribution in [0.25, 0.3) is 0 Å². The fourth-order valence-electron chi connectivity index (χ4n) is 3.35. The average molecular weight is 421 g/mol. The standard InChI is InChI=1S/C25H32N4O2/c1-4-26-24(27-17-22-15-23(19(2)3)29-31-22)28-18-25(30,21-13-9-6-10-14-21)16-20-11-7-5-8-12-20/h5-15,19,30H,4,16-18H2,1-3H3,(H2,26,27,28). The van der Waals surface area contributed by atoms with Crippen LogP contribution in [-0.4, -0.2) is 29.3 Å². The lowest BCUT2D eigenvalue weighted by molar-refractivity contribution is 0.0414. The number of aliphatic hydroxyl groups is 1. The molecule has 0 saturated heterocycles. The summed E-state index contributed by atoms with van der Waals surface area (Å²) in [4.78, 5) is 4.61. The summed E-state index contributed by atoms with van der Waals surface area (Å²) >= 11 is 0. The van der Waals surface area contributed by atoms with Crippen molar-refractivity contribution in [3.63, 3.8) is 0 Å². The van der Waals surface area contributed by atoms with Crippen LogP contribution in [0.4, 0.5) is 0 Å². The van der Waals surface area contributed by atoms with Gasteiger partial charge in [-0.2, -0.15) is 0 Å². The molecule has 0 aliphatic heterocycles. The second-order valence-corrected chi connectivity index (χ2v) is 7.98. The van der Waals surface area contributed by atoms with Crippen molar-refractivity contribution in [3.05, 3.63) is 89.3 Å². The fourth-order valence-corrected chi connectivity index (χ4v) is 3.35. The number of nitrogens with one attached hydrogen (secondary N) is 2. The summed E-state index contributed by atoms with van der Waals surface area (Å²) in [6.45, 7) is 7.56. The maximum atomic E-state index is 11.6. The van der Waals surface area contributed by atoms with Crippen molar-refractivity contribution >= 4 is 5.96 Å². The van der Waals surface area contributed by atoms with E-state index in [1.165, 1.54) is 0 Å². The van der Waals surface area contributed by atoms with Crippen LogP contribution in [0.5, 0.6) is 0 Å². The first-order valence-electron chi connectivity index (χ1n) is 10.8. The lowest BCUT2D eigenvalue weighted by atomic mass is 9.87. The molecular formula is C25H32N4O2. The number of benzene rings is 2. The Morgan fingerprint density at radius 1 is 1.06 bits per heavy atom. The van der Waals surface area contributed by atoms with Gasteiger partial charge in [0.05, 0.1) is 12.2 Å². The minimum Gasteiger partial charge on any atom is -0.383 e. The molecule has 1 unspecified atom stereocenters. The predicted octanol–water partition coefficient (Wildman–Crippen LogP) is 3.98. The SMILES string of the molecule is CCNC(=NCc1cc(C(C)C)no1)NCC(O)(Cc1ccccc1)c1ccccc1. The summed E-state index contributed by atoms with van der Waals surface area (Å²) in [7, 11) is 0. The molecule has 3 aromatic rings. The number of guanidine groups is 1. The number of hydrogen-bond donors (Lipinski definition) is 3. The Balaban J connectivity index is 1.75. The third-order valence-electron chi connectivity index (χ3n) is 5.10. The van der Waals surface area contributed by atoms with Crippen LogP contribution in [0.1, 0.15) is 49.3 Å². The van der Waals surface area contributed by atoms with E-state index in [2.05, 4.69) is 34.6 Å². The van der Waals surface area contributed by atoms with Crippen molar-refractivity contribution in [1.82, 2.24) is 15.8 Å². The number of aromatic nitrogens is 1. The van der Waals surface area contributed by atoms with E-state index in [1.54, 1.807) is 0 Å². The number of hydrogen-bond acceptors (Lipinski definition) is 4. The zero-order chi connectivity index (χ0) is 22.1. The molecule has 1 atom stereocenters. The van der Waals surface area contributed by atoms with Crippen LogP contribution < -0.4 is 10.6 Å². The molecule has 0 spiro atoms. The van der Waals surface area contributed by atoms with E-state index < -0.39 is 5.60 Å². The first-order chi connectivity index (χ1) is 15.0. The van der Waals surface area contributed by atoms with E-state index in [0.29, 0.717) is 43.7 Å². The van der Waals surface area contributed by atoms with Gasteiger partial charge in [-0.05, 0) is 24.0 Å². The van der Waals surface area contributed by atoms with Crippen molar-refractivity contribution in [3.8, 4) is 0 Å². The molecule has 6 nitrogen and oxygen atoms in total. The quantitative estimate of drug-likeness (QED) is 0.360. The molecule has 0 amide bonds. The van der Waals surface area contributed by atoms with Crippen LogP contribution >= 0.6 is 0 Å². The van der Waals surface area contributed by atoms with Gasteiger partial charge in [-0.3, -0.25) is 0 Å². The fraction of sp³-hybridized carbons (Fsp3) is 0.360. The van der Waals surface area contributed by atoms with E-state index in [9.17, 15) is 5.11 Å². The summed E-state index contributed by atoms with van der Waals surface area (Å²) < 4.78 is 5.39. The summed E-state index contributed by atoms with van der Waals surface area (Å²) in [5, 5.41) is 22.3. The van der Waals surface area contributed by atoms with E-state index in [1.807, 2.05) is 73.7 Å². The summed E-state index contributed by atoms with van der Waals surface area (Å²) in [6.07, 6.45) is 0.490. The molecule has 3 rings (SSSR count). The molecule has 1 aromatic heterocycles. The highest BCUT2D eigenvalue weighted by atomic mass is 16.5. The van der Waals surface area contributed by atoms with Gasteiger partial charge in [0.15, 0.2) is 11.7 Å². The normalized spacial score (nSPS) is 13.8. The molecular weight excluding hydrogens is 388 g/mol. The molecule has 164 valence electrons. The average Bonchev–Trinajstić information content (AvgIpc) is 3.26. The van der Waals surface area contributed by atoms with Gasteiger partial charge in [0.1, 0.15) is 12.1 Å². The lowest BCUT2D eigenvalue weighted by Crippen LogP contribution is -2.46. The summed E-state index contributed by atoms with van der Waals surface area (Å²) in [5.41, 5.74) is 1.76. The van der Waals surface area contributed by atoms with E-state index in [4.69, 9.17) is 4.52 Å². The maximum absolute atomic E-state index is 11.6. The Morgan fingerprint density at radius 3 is 2.35 bits per heavy atom. The first kappa shape index (κ1) is 22.6. The highest BCUT2D eigenvalue weighted by Gasteiger charge is 2.30. The van der Waals surface area contributed by atoms with E-state index >= 15 is 0 Å². The highest BCUT2D eigenvalue weighted by Crippen LogP contribution is 2.25. The number of rotatable bonds is 9. The van der Waals surface area contributed by atoms with Crippen molar-refractivity contribution < 1.29 is 9.63 Å². The molecule has 0 radical (unpaired) electrons. The molecule has 2 aromatic carbocycles. The zero-order valence-electron chi connectivity index (χ0n) is 18.5. The van der Waals surface area contributed by atoms with Crippen LogP contribution in [0.15, 0.2) is 76.2 Å². The van der Waals surface area contributed by atoms with Crippen molar-refractivity contribution in [2.24, 2.45) is 4.99 Å². The molecule has 1 heterocycles. The van der Waals surface area contributed by atoms with Crippen LogP contribution in [0.2, 0.25) is 0 Å². The third kappa shape index (κ3) is 6.43. The van der Waals surface area contributed by atoms with Gasteiger partial charge in [0.25, 0.3) is 0 Å². The van der Waals surface area contributed by atoms with Gasteiger partial charge >= 0.3 is 0 Å². The molecule has 6 heteroatoms. The van der Waals surface area contributed by atoms with Crippen molar-refractivity contribution in [2.75, 3.05) is 13.1 Å². The summed E-state index contributed by atoms with van der Waals surface area (Å²) in [6, 6.07) is 21.7. The second-order valence-electron chi connectivity index (χ2n) is 7.98. The van der Waals surface area contributed by atoms with Crippen LogP contribution in [-0.2, 0) is 18.6 Å². The first-order valence-corrected chi connectivity index (χ1v) is 10.8. The molecule has 31 heavy (non-hydrogen) atoms. The van der Waals surface area contributed by atoms with Crippen molar-refractivity contribution in [2.45, 2.75) is 45.3 Å². The molecule has 0 aliphatic rings. The minimum atomic E-state index is -1.09. The Hall–Kier alpha value is -3.12. The minimum absolute atomic E-state index is 0.311. The van der Waals surface area contributed by atoms with Gasteiger partial charge in [-0.15, -0.1) is 0 Å². The van der Waals surface area contributed by atoms with Gasteiger partial charge in [0, 0.05) is 19.0 Å². The highest BCUT2D eigenvalue weighted by molar-refractivity contribution is 5.79. The Bertz CT molecular complexity index is 954. The largest absolute Gasteiger partial charge is 0.383 e. The van der Waals surface area contributed by atoms with Gasteiger partial charge in [-0.1, -0.05) is 79.7 Å². The predicted molar refractivity (Wildman–Crippen MR) is 124 cm³/mol. The van der Waals surface area contributed by atoms with E-state index in [-0.39, 0.29) is 0 Å². The Morgan fingerprint density at radius 2 is 1.74 bits per heavy atom. The molecule has 0 bridgehead atoms. The monoisotopic (exact) mass is 420 g/mol. The van der Waals surface area contributed by atoms with Gasteiger partial charge in [-0.25, -0.2) is 4.99 Å². The Kier molecular flexibility index (Phi) is 7.84. The smallest absolute Gasteiger partial charge is 0.191 e. The molecule has 0 aliphatic carbocycles. The lowest BCUT2D eigenvalue weighted by Gasteiger charge is -2.30. The third-order valence-corrected chi connectivity index (χ3v) is 5.10. The second kappa shape index (κ2) is 10.8. The van der Waals surface area contributed by atoms with Crippen molar-refractivity contribution in [1.29, 1.82) is 0 Å². The number of aliphatic imine (C=N–C) groups is 1. The molecule has 3 N–H and O–H groups in total. The zero-order valence-corrected chi connectivity index (χ0v) is 18.5. The van der Waals surface area contributed by atoms with Gasteiger partial charge < -0.3 is 20.3 Å². The molecule has 0 saturated carbocycles. The maximum Gasteiger partial charge on any atom is 0.191 e. The van der Waals surface area contributed by atoms with Crippen LogP contribution in [0, 0.1) is 0 Å². The van der Waals surface area contributed by atoms with E-state index in [0.717, 1.165) is 16.8 Å². The Labute approximate surface area is 184 Å². The molecule has 0 fully saturated rings. The summed E-state index contributed by atoms with van der Waals surface area (Å²) in [5.74, 6) is 1.64. The van der Waals surface area contributed by atoms with Crippen LogP contribution in [0.3, 0.4) is 0 Å². The number of nitrogens with zero attached hydrogens (tertiary/aromatic N) is 2. The topological polar surface area (TPSA) is 82.7 Å².